The lowest BCUT2D eigenvalue weighted by molar-refractivity contribution is -0.150. The Morgan fingerprint density at radius 1 is 1.11 bits per heavy atom. The highest BCUT2D eigenvalue weighted by Gasteiger charge is 2.17. The van der Waals surface area contributed by atoms with Crippen LogP contribution in [0.4, 0.5) is 0 Å². The molecule has 0 saturated carbocycles. The van der Waals surface area contributed by atoms with Crippen LogP contribution in [0.1, 0.15) is 18.5 Å². The molecule has 3 rings (SSSR count). The predicted octanol–water partition coefficient (Wildman–Crippen LogP) is 2.87. The second kappa shape index (κ2) is 8.64. The summed E-state index contributed by atoms with van der Waals surface area (Å²) in [7, 11) is 0. The standard InChI is InChI=1S/C19H18ClNO6/c1-12(13-2-7-16-17(8-13)27-11-26-16)21-18(22)9-25-19(23)10-24-15-5-3-14(20)4-6-15/h2-8,12H,9-11H2,1H3,(H,21,22)/t12-/m1/s1. The molecule has 0 aliphatic carbocycles. The van der Waals surface area contributed by atoms with E-state index in [-0.39, 0.29) is 19.4 Å². The largest absolute Gasteiger partial charge is 0.482 e. The van der Waals surface area contributed by atoms with Crippen molar-refractivity contribution >= 4 is 23.5 Å². The molecule has 1 aliphatic rings. The molecule has 0 spiro atoms. The van der Waals surface area contributed by atoms with Gasteiger partial charge in [0.1, 0.15) is 5.75 Å². The first-order valence-electron chi connectivity index (χ1n) is 8.24. The van der Waals surface area contributed by atoms with Gasteiger partial charge in [0.05, 0.1) is 6.04 Å². The van der Waals surface area contributed by atoms with Gasteiger partial charge in [-0.3, -0.25) is 4.79 Å². The number of halogens is 1. The van der Waals surface area contributed by atoms with E-state index in [0.29, 0.717) is 22.3 Å². The molecule has 1 aliphatic heterocycles. The Morgan fingerprint density at radius 2 is 1.85 bits per heavy atom. The van der Waals surface area contributed by atoms with E-state index in [1.807, 2.05) is 13.0 Å². The van der Waals surface area contributed by atoms with Crippen LogP contribution in [0.3, 0.4) is 0 Å². The van der Waals surface area contributed by atoms with Crippen molar-refractivity contribution in [3.8, 4) is 17.2 Å². The van der Waals surface area contributed by atoms with Crippen LogP contribution in [0, 0.1) is 0 Å². The zero-order valence-corrected chi connectivity index (χ0v) is 15.3. The van der Waals surface area contributed by atoms with E-state index in [1.165, 1.54) is 0 Å². The van der Waals surface area contributed by atoms with E-state index in [4.69, 9.17) is 30.5 Å². The minimum Gasteiger partial charge on any atom is -0.482 e. The van der Waals surface area contributed by atoms with E-state index in [2.05, 4.69) is 5.32 Å². The number of benzene rings is 2. The van der Waals surface area contributed by atoms with Gasteiger partial charge < -0.3 is 24.3 Å². The molecule has 142 valence electrons. The number of ether oxygens (including phenoxy) is 4. The number of carbonyl (C=O) groups excluding carboxylic acids is 2. The summed E-state index contributed by atoms with van der Waals surface area (Å²) in [5.74, 6) is 0.736. The first-order chi connectivity index (χ1) is 13.0. The summed E-state index contributed by atoms with van der Waals surface area (Å²) in [5.41, 5.74) is 0.852. The molecule has 7 nitrogen and oxygen atoms in total. The van der Waals surface area contributed by atoms with Crippen LogP contribution in [0.2, 0.25) is 5.02 Å². The molecule has 2 aromatic rings. The van der Waals surface area contributed by atoms with Crippen molar-refractivity contribution in [2.75, 3.05) is 20.0 Å². The molecule has 1 atom stereocenters. The number of esters is 1. The molecule has 1 heterocycles. The van der Waals surface area contributed by atoms with Gasteiger partial charge in [0.2, 0.25) is 6.79 Å². The Labute approximate surface area is 161 Å². The molecule has 0 radical (unpaired) electrons. The third-order valence-electron chi connectivity index (χ3n) is 3.81. The third-order valence-corrected chi connectivity index (χ3v) is 4.06. The average molecular weight is 392 g/mol. The first kappa shape index (κ1) is 18.8. The van der Waals surface area contributed by atoms with Crippen molar-refractivity contribution in [3.05, 3.63) is 53.1 Å². The summed E-state index contributed by atoms with van der Waals surface area (Å²) >= 11 is 5.77. The summed E-state index contributed by atoms with van der Waals surface area (Å²) in [6, 6.07) is 11.7. The SMILES string of the molecule is C[C@@H](NC(=O)COC(=O)COc1ccc(Cl)cc1)c1ccc2c(c1)OCO2. The van der Waals surface area contributed by atoms with Crippen LogP contribution in [-0.2, 0) is 14.3 Å². The van der Waals surface area contributed by atoms with E-state index in [1.54, 1.807) is 36.4 Å². The second-order valence-electron chi connectivity index (χ2n) is 5.81. The molecule has 0 saturated heterocycles. The van der Waals surface area contributed by atoms with Gasteiger partial charge in [0.25, 0.3) is 5.91 Å². The fraction of sp³-hybridized carbons (Fsp3) is 0.263. The molecule has 0 unspecified atom stereocenters. The number of rotatable bonds is 7. The fourth-order valence-electron chi connectivity index (χ4n) is 2.41. The Bertz CT molecular complexity index is 823. The van der Waals surface area contributed by atoms with Gasteiger partial charge in [-0.25, -0.2) is 4.79 Å². The van der Waals surface area contributed by atoms with Gasteiger partial charge in [-0.2, -0.15) is 0 Å². The smallest absolute Gasteiger partial charge is 0.344 e. The predicted molar refractivity (Wildman–Crippen MR) is 97.0 cm³/mol. The average Bonchev–Trinajstić information content (AvgIpc) is 3.13. The van der Waals surface area contributed by atoms with Crippen molar-refractivity contribution in [3.63, 3.8) is 0 Å². The molecule has 0 bridgehead atoms. The summed E-state index contributed by atoms with van der Waals surface area (Å²) in [6.45, 7) is 1.32. The van der Waals surface area contributed by atoms with Crippen LogP contribution >= 0.6 is 11.6 Å². The number of fused-ring (bicyclic) bond motifs is 1. The number of nitrogens with one attached hydrogen (secondary N) is 1. The van der Waals surface area contributed by atoms with Crippen LogP contribution in [0.5, 0.6) is 17.2 Å². The van der Waals surface area contributed by atoms with Gasteiger partial charge in [-0.05, 0) is 48.9 Å². The molecule has 2 aromatic carbocycles. The number of amides is 1. The maximum absolute atomic E-state index is 12.0. The Balaban J connectivity index is 1.41. The van der Waals surface area contributed by atoms with E-state index < -0.39 is 18.5 Å². The zero-order chi connectivity index (χ0) is 19.2. The monoisotopic (exact) mass is 391 g/mol. The first-order valence-corrected chi connectivity index (χ1v) is 8.62. The maximum Gasteiger partial charge on any atom is 0.344 e. The fourth-order valence-corrected chi connectivity index (χ4v) is 2.54. The maximum atomic E-state index is 12.0. The third kappa shape index (κ3) is 5.27. The molecule has 1 amide bonds. The highest BCUT2D eigenvalue weighted by Crippen LogP contribution is 2.34. The van der Waals surface area contributed by atoms with E-state index in [9.17, 15) is 9.59 Å². The van der Waals surface area contributed by atoms with Gasteiger partial charge >= 0.3 is 5.97 Å². The number of carbonyl (C=O) groups is 2. The molecule has 27 heavy (non-hydrogen) atoms. The lowest BCUT2D eigenvalue weighted by atomic mass is 10.1. The number of hydrogen-bond donors (Lipinski definition) is 1. The van der Waals surface area contributed by atoms with Crippen LogP contribution in [0.15, 0.2) is 42.5 Å². The van der Waals surface area contributed by atoms with Gasteiger partial charge in [-0.15, -0.1) is 0 Å². The minimum absolute atomic E-state index is 0.188. The van der Waals surface area contributed by atoms with E-state index in [0.717, 1.165) is 5.56 Å². The van der Waals surface area contributed by atoms with Crippen LogP contribution in [0.25, 0.3) is 0 Å². The quantitative estimate of drug-likeness (QED) is 0.731. The zero-order valence-electron chi connectivity index (χ0n) is 14.6. The Hall–Kier alpha value is -2.93. The lowest BCUT2D eigenvalue weighted by Crippen LogP contribution is -2.31. The van der Waals surface area contributed by atoms with Crippen molar-refractivity contribution in [2.24, 2.45) is 0 Å². The van der Waals surface area contributed by atoms with Gasteiger partial charge in [0.15, 0.2) is 24.7 Å². The normalized spacial score (nSPS) is 13.0. The Morgan fingerprint density at radius 3 is 2.63 bits per heavy atom. The van der Waals surface area contributed by atoms with Crippen LogP contribution < -0.4 is 19.5 Å². The summed E-state index contributed by atoms with van der Waals surface area (Å²) < 4.78 is 20.7. The van der Waals surface area contributed by atoms with E-state index >= 15 is 0 Å². The highest BCUT2D eigenvalue weighted by molar-refractivity contribution is 6.30. The lowest BCUT2D eigenvalue weighted by Gasteiger charge is -2.15. The number of hydrogen-bond acceptors (Lipinski definition) is 6. The topological polar surface area (TPSA) is 83.1 Å². The molecular formula is C19H18ClNO6. The Kier molecular flexibility index (Phi) is 6.03. The minimum atomic E-state index is -0.643. The summed E-state index contributed by atoms with van der Waals surface area (Å²) in [6.07, 6.45) is 0. The molecule has 0 aromatic heterocycles. The molecular weight excluding hydrogens is 374 g/mol. The van der Waals surface area contributed by atoms with Gasteiger partial charge in [-0.1, -0.05) is 17.7 Å². The highest BCUT2D eigenvalue weighted by atomic mass is 35.5. The molecule has 1 N–H and O–H groups in total. The summed E-state index contributed by atoms with van der Waals surface area (Å²) in [5, 5.41) is 3.32. The van der Waals surface area contributed by atoms with Gasteiger partial charge in [0, 0.05) is 5.02 Å². The molecule has 0 fully saturated rings. The van der Waals surface area contributed by atoms with Crippen molar-refractivity contribution in [1.29, 1.82) is 0 Å². The second-order valence-corrected chi connectivity index (χ2v) is 6.24. The molecule has 8 heteroatoms. The van der Waals surface area contributed by atoms with Crippen molar-refractivity contribution in [1.82, 2.24) is 5.32 Å². The van der Waals surface area contributed by atoms with Crippen molar-refractivity contribution < 1.29 is 28.5 Å². The van der Waals surface area contributed by atoms with Crippen LogP contribution in [-0.4, -0.2) is 31.9 Å². The summed E-state index contributed by atoms with van der Waals surface area (Å²) in [4.78, 5) is 23.7. The van der Waals surface area contributed by atoms with Crippen molar-refractivity contribution in [2.45, 2.75) is 13.0 Å².